The molecule has 1 heteroatoms. The molecule has 1 nitrogen and oxygen atoms in total. The molecule has 0 rings (SSSR count). The largest absolute Gasteiger partial charge is 0.325 e. The van der Waals surface area contributed by atoms with Crippen molar-refractivity contribution in [2.45, 2.75) is 162 Å². The Morgan fingerprint density at radius 2 is 0.741 bits per heavy atom. The van der Waals surface area contributed by atoms with Crippen molar-refractivity contribution in [3.05, 3.63) is 0 Å². The highest BCUT2D eigenvalue weighted by Crippen LogP contribution is 2.27. The molecule has 0 radical (unpaired) electrons. The van der Waals surface area contributed by atoms with Gasteiger partial charge in [0.05, 0.1) is 0 Å². The summed E-state index contributed by atoms with van der Waals surface area (Å²) in [5, 5.41) is 0. The van der Waals surface area contributed by atoms with E-state index in [2.05, 4.69) is 27.7 Å². The van der Waals surface area contributed by atoms with Crippen LogP contribution in [0.1, 0.15) is 156 Å². The first-order valence-corrected chi connectivity index (χ1v) is 12.8. The minimum Gasteiger partial charge on any atom is -0.325 e. The van der Waals surface area contributed by atoms with Crippen molar-refractivity contribution >= 4 is 0 Å². The predicted octanol–water partition coefficient (Wildman–Crippen LogP) is 9.18. The minimum atomic E-state index is 0.00273. The van der Waals surface area contributed by atoms with Crippen LogP contribution in [-0.4, -0.2) is 5.54 Å². The standard InChI is InChI=1S/C26H55N/c1-5-7-9-11-12-13-14-15-16-17-18-19-20-22-24-25(26(3,4)27)23-21-10-8-6-2/h25H,5-24,27H2,1-4H3. The smallest absolute Gasteiger partial charge is 0.0125 e. The number of nitrogens with two attached hydrogens (primary N) is 1. The average Bonchev–Trinajstić information content (AvgIpc) is 2.62. The lowest BCUT2D eigenvalue weighted by molar-refractivity contribution is 0.267. The Balaban J connectivity index is 3.46. The number of unbranched alkanes of at least 4 members (excludes halogenated alkanes) is 16. The Morgan fingerprint density at radius 3 is 1.04 bits per heavy atom. The molecule has 0 aliphatic carbocycles. The molecule has 0 saturated heterocycles. The first-order chi connectivity index (χ1) is 13.0. The highest BCUT2D eigenvalue weighted by Gasteiger charge is 2.23. The van der Waals surface area contributed by atoms with Gasteiger partial charge in [0.1, 0.15) is 0 Å². The number of hydrogen-bond acceptors (Lipinski definition) is 1. The first kappa shape index (κ1) is 27.0. The lowest BCUT2D eigenvalue weighted by Crippen LogP contribution is -2.40. The zero-order chi connectivity index (χ0) is 20.2. The average molecular weight is 382 g/mol. The molecule has 0 heterocycles. The summed E-state index contributed by atoms with van der Waals surface area (Å²) < 4.78 is 0. The molecule has 1 atom stereocenters. The second-order valence-corrected chi connectivity index (χ2v) is 9.75. The van der Waals surface area contributed by atoms with Gasteiger partial charge >= 0.3 is 0 Å². The van der Waals surface area contributed by atoms with Crippen LogP contribution in [0.3, 0.4) is 0 Å². The third-order valence-corrected chi connectivity index (χ3v) is 6.36. The molecule has 1 unspecified atom stereocenters. The van der Waals surface area contributed by atoms with Crippen molar-refractivity contribution in [2.75, 3.05) is 0 Å². The van der Waals surface area contributed by atoms with E-state index in [0.717, 1.165) is 0 Å². The molecule has 0 aromatic rings. The van der Waals surface area contributed by atoms with E-state index >= 15 is 0 Å². The van der Waals surface area contributed by atoms with Crippen molar-refractivity contribution in [3.63, 3.8) is 0 Å². The molecule has 0 aromatic carbocycles. The van der Waals surface area contributed by atoms with Crippen LogP contribution in [0.25, 0.3) is 0 Å². The van der Waals surface area contributed by atoms with Gasteiger partial charge in [-0.1, -0.05) is 129 Å². The third kappa shape index (κ3) is 19.1. The van der Waals surface area contributed by atoms with Crippen molar-refractivity contribution < 1.29 is 0 Å². The van der Waals surface area contributed by atoms with Gasteiger partial charge in [0.25, 0.3) is 0 Å². The summed E-state index contributed by atoms with van der Waals surface area (Å²) in [6.45, 7) is 9.06. The van der Waals surface area contributed by atoms with Crippen LogP contribution in [-0.2, 0) is 0 Å². The molecular weight excluding hydrogens is 326 g/mol. The Morgan fingerprint density at radius 1 is 0.481 bits per heavy atom. The van der Waals surface area contributed by atoms with Gasteiger partial charge in [-0.2, -0.15) is 0 Å². The molecule has 0 saturated carbocycles. The first-order valence-electron chi connectivity index (χ1n) is 12.8. The second-order valence-electron chi connectivity index (χ2n) is 9.75. The summed E-state index contributed by atoms with van der Waals surface area (Å²) in [6, 6.07) is 0. The second kappa shape index (κ2) is 19.3. The van der Waals surface area contributed by atoms with Gasteiger partial charge in [-0.3, -0.25) is 0 Å². The van der Waals surface area contributed by atoms with Crippen LogP contribution in [0.5, 0.6) is 0 Å². The normalized spacial score (nSPS) is 13.2. The topological polar surface area (TPSA) is 26.0 Å². The van der Waals surface area contributed by atoms with Crippen LogP contribution in [0, 0.1) is 5.92 Å². The molecule has 0 aliphatic rings. The molecule has 0 amide bonds. The van der Waals surface area contributed by atoms with Gasteiger partial charge in [0, 0.05) is 5.54 Å². The van der Waals surface area contributed by atoms with Crippen LogP contribution in [0.2, 0.25) is 0 Å². The highest BCUT2D eigenvalue weighted by atomic mass is 14.7. The quantitative estimate of drug-likeness (QED) is 0.197. The zero-order valence-electron chi connectivity index (χ0n) is 19.8. The summed E-state index contributed by atoms with van der Waals surface area (Å²) in [7, 11) is 0. The molecule has 0 spiro atoms. The van der Waals surface area contributed by atoms with Crippen LogP contribution >= 0.6 is 0 Å². The fraction of sp³-hybridized carbons (Fsp3) is 1.00. The summed E-state index contributed by atoms with van der Waals surface area (Å²) in [5.41, 5.74) is 6.45. The summed E-state index contributed by atoms with van der Waals surface area (Å²) in [6.07, 6.45) is 28.4. The fourth-order valence-electron chi connectivity index (χ4n) is 4.29. The number of hydrogen-bond donors (Lipinski definition) is 1. The fourth-order valence-corrected chi connectivity index (χ4v) is 4.29. The van der Waals surface area contributed by atoms with E-state index in [1.807, 2.05) is 0 Å². The lowest BCUT2D eigenvalue weighted by Gasteiger charge is -2.31. The van der Waals surface area contributed by atoms with Gasteiger partial charge < -0.3 is 5.73 Å². The molecule has 0 aromatic heterocycles. The van der Waals surface area contributed by atoms with Gasteiger partial charge in [-0.15, -0.1) is 0 Å². The summed E-state index contributed by atoms with van der Waals surface area (Å²) >= 11 is 0. The Kier molecular flexibility index (Phi) is 19.3. The molecule has 0 fully saturated rings. The molecule has 27 heavy (non-hydrogen) atoms. The summed E-state index contributed by atoms with van der Waals surface area (Å²) in [5.74, 6) is 0.715. The molecule has 0 bridgehead atoms. The molecule has 2 N–H and O–H groups in total. The van der Waals surface area contributed by atoms with Crippen molar-refractivity contribution in [1.29, 1.82) is 0 Å². The van der Waals surface area contributed by atoms with Crippen molar-refractivity contribution in [1.82, 2.24) is 0 Å². The predicted molar refractivity (Wildman–Crippen MR) is 125 cm³/mol. The van der Waals surface area contributed by atoms with Crippen LogP contribution in [0.15, 0.2) is 0 Å². The van der Waals surface area contributed by atoms with E-state index in [4.69, 9.17) is 5.73 Å². The lowest BCUT2D eigenvalue weighted by atomic mass is 9.80. The third-order valence-electron chi connectivity index (χ3n) is 6.36. The maximum absolute atomic E-state index is 6.45. The van der Waals surface area contributed by atoms with Gasteiger partial charge in [-0.05, 0) is 32.6 Å². The Labute approximate surface area is 173 Å². The SMILES string of the molecule is CCCCCCCCCCCCCCCCC(CCCCCC)C(C)(C)N. The molecular formula is C26H55N. The minimum absolute atomic E-state index is 0.00273. The van der Waals surface area contributed by atoms with E-state index in [0.29, 0.717) is 5.92 Å². The van der Waals surface area contributed by atoms with Gasteiger partial charge in [-0.25, -0.2) is 0 Å². The zero-order valence-corrected chi connectivity index (χ0v) is 19.8. The van der Waals surface area contributed by atoms with Crippen LogP contribution in [0.4, 0.5) is 0 Å². The Bertz CT molecular complexity index is 278. The van der Waals surface area contributed by atoms with E-state index in [1.54, 1.807) is 0 Å². The van der Waals surface area contributed by atoms with Gasteiger partial charge in [0.15, 0.2) is 0 Å². The molecule has 164 valence electrons. The monoisotopic (exact) mass is 381 g/mol. The van der Waals surface area contributed by atoms with E-state index in [-0.39, 0.29) is 5.54 Å². The molecule has 0 aliphatic heterocycles. The highest BCUT2D eigenvalue weighted by molar-refractivity contribution is 4.82. The van der Waals surface area contributed by atoms with Crippen molar-refractivity contribution in [3.8, 4) is 0 Å². The maximum Gasteiger partial charge on any atom is 0.0125 e. The van der Waals surface area contributed by atoms with E-state index in [1.165, 1.54) is 128 Å². The van der Waals surface area contributed by atoms with Crippen LogP contribution < -0.4 is 5.73 Å². The summed E-state index contributed by atoms with van der Waals surface area (Å²) in [4.78, 5) is 0. The maximum atomic E-state index is 6.45. The van der Waals surface area contributed by atoms with Gasteiger partial charge in [0.2, 0.25) is 0 Å². The van der Waals surface area contributed by atoms with E-state index < -0.39 is 0 Å². The van der Waals surface area contributed by atoms with E-state index in [9.17, 15) is 0 Å². The number of rotatable bonds is 21. The van der Waals surface area contributed by atoms with Crippen molar-refractivity contribution in [2.24, 2.45) is 11.7 Å². The Hall–Kier alpha value is -0.0400.